The van der Waals surface area contributed by atoms with Crippen LogP contribution < -0.4 is 10.1 Å². The van der Waals surface area contributed by atoms with Crippen LogP contribution in [0.3, 0.4) is 0 Å². The SMILES string of the molecule is CCCCCCCCCCOc1ccc(CNCC)nc1. The van der Waals surface area contributed by atoms with Gasteiger partial charge < -0.3 is 10.1 Å². The van der Waals surface area contributed by atoms with Crippen LogP contribution in [0.5, 0.6) is 5.75 Å². The van der Waals surface area contributed by atoms with Crippen LogP contribution in [0.1, 0.15) is 70.9 Å². The van der Waals surface area contributed by atoms with E-state index in [1.807, 2.05) is 18.3 Å². The van der Waals surface area contributed by atoms with E-state index in [-0.39, 0.29) is 0 Å². The van der Waals surface area contributed by atoms with E-state index in [1.165, 1.54) is 44.9 Å². The van der Waals surface area contributed by atoms with Crippen molar-refractivity contribution in [3.63, 3.8) is 0 Å². The Balaban J connectivity index is 1.99. The second kappa shape index (κ2) is 12.6. The van der Waals surface area contributed by atoms with Gasteiger partial charge in [0.05, 0.1) is 18.5 Å². The first-order chi connectivity index (χ1) is 10.4. The number of hydrogen-bond acceptors (Lipinski definition) is 3. The van der Waals surface area contributed by atoms with Crippen molar-refractivity contribution in [2.45, 2.75) is 71.8 Å². The minimum Gasteiger partial charge on any atom is -0.492 e. The number of rotatable bonds is 13. The summed E-state index contributed by atoms with van der Waals surface area (Å²) in [5.41, 5.74) is 1.07. The molecule has 0 atom stereocenters. The lowest BCUT2D eigenvalue weighted by Gasteiger charge is -2.07. The molecule has 21 heavy (non-hydrogen) atoms. The summed E-state index contributed by atoms with van der Waals surface area (Å²) in [7, 11) is 0. The molecule has 0 aliphatic carbocycles. The van der Waals surface area contributed by atoms with E-state index in [0.29, 0.717) is 0 Å². The number of nitrogens with zero attached hydrogens (tertiary/aromatic N) is 1. The fraction of sp³-hybridized carbons (Fsp3) is 0.722. The Labute approximate surface area is 130 Å². The predicted octanol–water partition coefficient (Wildman–Crippen LogP) is 4.71. The highest BCUT2D eigenvalue weighted by atomic mass is 16.5. The lowest BCUT2D eigenvalue weighted by Crippen LogP contribution is -2.12. The van der Waals surface area contributed by atoms with Crippen LogP contribution in [-0.2, 0) is 6.54 Å². The van der Waals surface area contributed by atoms with Gasteiger partial charge in [0.15, 0.2) is 0 Å². The summed E-state index contributed by atoms with van der Waals surface area (Å²) < 4.78 is 5.73. The second-order valence-corrected chi connectivity index (χ2v) is 5.59. The zero-order valence-corrected chi connectivity index (χ0v) is 13.9. The van der Waals surface area contributed by atoms with Crippen molar-refractivity contribution < 1.29 is 4.74 Å². The van der Waals surface area contributed by atoms with Gasteiger partial charge in [-0.05, 0) is 25.1 Å². The van der Waals surface area contributed by atoms with Gasteiger partial charge >= 0.3 is 0 Å². The smallest absolute Gasteiger partial charge is 0.137 e. The topological polar surface area (TPSA) is 34.1 Å². The molecular weight excluding hydrogens is 260 g/mol. The third-order valence-corrected chi connectivity index (χ3v) is 3.62. The maximum atomic E-state index is 5.73. The van der Waals surface area contributed by atoms with Crippen LogP contribution in [0.25, 0.3) is 0 Å². The summed E-state index contributed by atoms with van der Waals surface area (Å²) in [6, 6.07) is 4.05. The summed E-state index contributed by atoms with van der Waals surface area (Å²) in [5, 5.41) is 3.27. The maximum Gasteiger partial charge on any atom is 0.137 e. The van der Waals surface area contributed by atoms with Crippen LogP contribution in [0.15, 0.2) is 18.3 Å². The van der Waals surface area contributed by atoms with Crippen LogP contribution in [0.4, 0.5) is 0 Å². The summed E-state index contributed by atoms with van der Waals surface area (Å²) in [6.07, 6.45) is 12.5. The lowest BCUT2D eigenvalue weighted by atomic mass is 10.1. The van der Waals surface area contributed by atoms with Crippen molar-refractivity contribution in [1.29, 1.82) is 0 Å². The van der Waals surface area contributed by atoms with Gasteiger partial charge in [-0.15, -0.1) is 0 Å². The second-order valence-electron chi connectivity index (χ2n) is 5.59. The van der Waals surface area contributed by atoms with Crippen molar-refractivity contribution in [3.8, 4) is 5.75 Å². The molecule has 0 saturated heterocycles. The van der Waals surface area contributed by atoms with Crippen molar-refractivity contribution in [1.82, 2.24) is 10.3 Å². The number of hydrogen-bond donors (Lipinski definition) is 1. The normalized spacial score (nSPS) is 10.8. The van der Waals surface area contributed by atoms with Crippen LogP contribution in [0.2, 0.25) is 0 Å². The Morgan fingerprint density at radius 1 is 0.952 bits per heavy atom. The third kappa shape index (κ3) is 9.46. The summed E-state index contributed by atoms with van der Waals surface area (Å²) in [6.45, 7) is 6.97. The van der Waals surface area contributed by atoms with E-state index >= 15 is 0 Å². The maximum absolute atomic E-state index is 5.73. The monoisotopic (exact) mass is 292 g/mol. The number of aromatic nitrogens is 1. The first-order valence-corrected chi connectivity index (χ1v) is 8.65. The molecule has 0 aliphatic heterocycles. The summed E-state index contributed by atoms with van der Waals surface area (Å²) in [4.78, 5) is 4.39. The summed E-state index contributed by atoms with van der Waals surface area (Å²) >= 11 is 0. The van der Waals surface area contributed by atoms with Crippen LogP contribution >= 0.6 is 0 Å². The van der Waals surface area contributed by atoms with Gasteiger partial charge in [-0.1, -0.05) is 58.8 Å². The highest BCUT2D eigenvalue weighted by molar-refractivity contribution is 5.19. The quantitative estimate of drug-likeness (QED) is 0.535. The average Bonchev–Trinajstić information content (AvgIpc) is 2.52. The Hall–Kier alpha value is -1.09. The Morgan fingerprint density at radius 2 is 1.67 bits per heavy atom. The van der Waals surface area contributed by atoms with E-state index in [4.69, 9.17) is 4.74 Å². The van der Waals surface area contributed by atoms with Gasteiger partial charge in [0.1, 0.15) is 5.75 Å². The van der Waals surface area contributed by atoms with Crippen LogP contribution in [0, 0.1) is 0 Å². The van der Waals surface area contributed by atoms with E-state index in [9.17, 15) is 0 Å². The predicted molar refractivity (Wildman–Crippen MR) is 89.7 cm³/mol. The minimum atomic E-state index is 0.809. The van der Waals surface area contributed by atoms with Crippen molar-refractivity contribution in [2.75, 3.05) is 13.2 Å². The molecule has 0 aliphatic rings. The minimum absolute atomic E-state index is 0.809. The average molecular weight is 292 g/mol. The Kier molecular flexibility index (Phi) is 10.8. The standard InChI is InChI=1S/C18H32N2O/c1-3-5-6-7-8-9-10-11-14-21-18-13-12-17(20-16-18)15-19-4-2/h12-13,16,19H,3-11,14-15H2,1-2H3. The number of pyridine rings is 1. The molecule has 0 bridgehead atoms. The first kappa shape index (κ1) is 18.0. The first-order valence-electron chi connectivity index (χ1n) is 8.65. The largest absolute Gasteiger partial charge is 0.492 e. The molecule has 0 fully saturated rings. The Morgan fingerprint density at radius 3 is 2.29 bits per heavy atom. The zero-order valence-electron chi connectivity index (χ0n) is 13.9. The molecule has 3 heteroatoms. The molecule has 3 nitrogen and oxygen atoms in total. The van der Waals surface area contributed by atoms with Gasteiger partial charge in [0, 0.05) is 6.54 Å². The van der Waals surface area contributed by atoms with Gasteiger partial charge in [-0.25, -0.2) is 0 Å². The molecule has 1 heterocycles. The molecule has 1 aromatic heterocycles. The molecule has 0 spiro atoms. The fourth-order valence-electron chi connectivity index (χ4n) is 2.28. The van der Waals surface area contributed by atoms with Crippen LogP contribution in [-0.4, -0.2) is 18.1 Å². The van der Waals surface area contributed by atoms with E-state index in [1.54, 1.807) is 0 Å². The van der Waals surface area contributed by atoms with Crippen molar-refractivity contribution in [3.05, 3.63) is 24.0 Å². The molecule has 0 radical (unpaired) electrons. The number of unbranched alkanes of at least 4 members (excludes halogenated alkanes) is 7. The molecule has 120 valence electrons. The summed E-state index contributed by atoms with van der Waals surface area (Å²) in [5.74, 6) is 0.887. The molecule has 1 N–H and O–H groups in total. The van der Waals surface area contributed by atoms with Gasteiger partial charge in [0.2, 0.25) is 0 Å². The van der Waals surface area contributed by atoms with Gasteiger partial charge in [-0.3, -0.25) is 4.98 Å². The van der Waals surface area contributed by atoms with Gasteiger partial charge in [-0.2, -0.15) is 0 Å². The van der Waals surface area contributed by atoms with E-state index in [0.717, 1.165) is 37.6 Å². The lowest BCUT2D eigenvalue weighted by molar-refractivity contribution is 0.303. The molecule has 1 aromatic rings. The Bertz CT molecular complexity index is 338. The molecule has 1 rings (SSSR count). The fourth-order valence-corrected chi connectivity index (χ4v) is 2.28. The molecule has 0 saturated carbocycles. The molecule has 0 aromatic carbocycles. The third-order valence-electron chi connectivity index (χ3n) is 3.62. The van der Waals surface area contributed by atoms with Crippen molar-refractivity contribution >= 4 is 0 Å². The van der Waals surface area contributed by atoms with Gasteiger partial charge in [0.25, 0.3) is 0 Å². The molecular formula is C18H32N2O. The number of ether oxygens (including phenoxy) is 1. The molecule has 0 unspecified atom stereocenters. The number of nitrogens with one attached hydrogen (secondary N) is 1. The zero-order chi connectivity index (χ0) is 15.2. The molecule has 0 amide bonds. The highest BCUT2D eigenvalue weighted by Gasteiger charge is 1.97. The highest BCUT2D eigenvalue weighted by Crippen LogP contribution is 2.11. The van der Waals surface area contributed by atoms with E-state index < -0.39 is 0 Å². The van der Waals surface area contributed by atoms with E-state index in [2.05, 4.69) is 24.1 Å². The van der Waals surface area contributed by atoms with Crippen molar-refractivity contribution in [2.24, 2.45) is 0 Å².